The molecule has 4 heteroatoms. The van der Waals surface area contributed by atoms with Crippen molar-refractivity contribution in [2.45, 2.75) is 135 Å². The molecule has 0 rings (SSSR count). The lowest BCUT2D eigenvalue weighted by Gasteiger charge is -2.36. The maximum atomic E-state index is 10.7. The van der Waals surface area contributed by atoms with E-state index >= 15 is 0 Å². The Bertz CT molecular complexity index is 407. The van der Waals surface area contributed by atoms with E-state index in [4.69, 9.17) is 5.11 Å². The molecule has 0 fully saturated rings. The Morgan fingerprint density at radius 1 is 0.733 bits per heavy atom. The lowest BCUT2D eigenvalue weighted by atomic mass is 9.96. The number of likely N-dealkylation sites (N-methyl/N-ethyl adjacent to an activating group) is 1. The summed E-state index contributed by atoms with van der Waals surface area (Å²) < 4.78 is 0.680. The molecule has 0 radical (unpaired) electrons. The predicted molar refractivity (Wildman–Crippen MR) is 129 cm³/mol. The molecule has 0 spiro atoms. The molecule has 0 aliphatic heterocycles. The molecule has 0 bridgehead atoms. The van der Waals surface area contributed by atoms with Crippen LogP contribution in [0.5, 0.6) is 0 Å². The molecular formula is C26H54NO3+. The van der Waals surface area contributed by atoms with Gasteiger partial charge in [-0.1, -0.05) is 103 Å². The number of carboxylic acid groups (broad SMARTS) is 1. The van der Waals surface area contributed by atoms with Gasteiger partial charge in [-0.25, -0.2) is 0 Å². The number of nitrogens with zero attached hydrogens (tertiary/aromatic N) is 1. The second kappa shape index (κ2) is 18.0. The second-order valence-electron chi connectivity index (χ2n) is 10.5. The van der Waals surface area contributed by atoms with E-state index in [9.17, 15) is 9.90 Å². The molecule has 0 aromatic rings. The summed E-state index contributed by atoms with van der Waals surface area (Å²) in [5, 5.41) is 19.5. The van der Waals surface area contributed by atoms with Crippen molar-refractivity contribution in [3.8, 4) is 0 Å². The smallest absolute Gasteiger partial charge is 0.303 e. The van der Waals surface area contributed by atoms with E-state index in [1.165, 1.54) is 89.9 Å². The zero-order valence-corrected chi connectivity index (χ0v) is 20.9. The lowest BCUT2D eigenvalue weighted by Crippen LogP contribution is -2.51. The van der Waals surface area contributed by atoms with Crippen LogP contribution in [0.3, 0.4) is 0 Å². The van der Waals surface area contributed by atoms with E-state index in [-0.39, 0.29) is 6.42 Å². The van der Waals surface area contributed by atoms with E-state index in [0.29, 0.717) is 17.4 Å². The minimum atomic E-state index is -0.737. The molecule has 0 aliphatic carbocycles. The van der Waals surface area contributed by atoms with Gasteiger partial charge in [-0.3, -0.25) is 4.79 Å². The van der Waals surface area contributed by atoms with Crippen LogP contribution in [0.4, 0.5) is 0 Å². The van der Waals surface area contributed by atoms with Crippen LogP contribution in [0, 0.1) is 0 Å². The highest BCUT2D eigenvalue weighted by Gasteiger charge is 2.30. The standard InChI is InChI=1S/C26H53NO3/c1-5-6-7-8-9-10-11-12-13-14-15-16-17-18-19-22-26(2,30)24-27(3,4)23-20-21-25(28)29/h30H,5-24H2,1-4H3/p+1. The van der Waals surface area contributed by atoms with Crippen LogP contribution in [0.1, 0.15) is 129 Å². The molecule has 30 heavy (non-hydrogen) atoms. The number of aliphatic hydroxyl groups is 1. The van der Waals surface area contributed by atoms with Crippen molar-refractivity contribution in [1.29, 1.82) is 0 Å². The lowest BCUT2D eigenvalue weighted by molar-refractivity contribution is -0.896. The number of unbranched alkanes of at least 4 members (excludes halogenated alkanes) is 14. The number of carbonyl (C=O) groups is 1. The summed E-state index contributed by atoms with van der Waals surface area (Å²) in [6.45, 7) is 5.69. The van der Waals surface area contributed by atoms with Crippen molar-refractivity contribution >= 4 is 5.97 Å². The Balaban J connectivity index is 3.54. The fourth-order valence-corrected chi connectivity index (χ4v) is 4.62. The molecule has 0 saturated heterocycles. The van der Waals surface area contributed by atoms with Crippen LogP contribution in [-0.2, 0) is 4.79 Å². The molecule has 0 aromatic heterocycles. The second-order valence-corrected chi connectivity index (χ2v) is 10.5. The number of quaternary nitrogens is 1. The van der Waals surface area contributed by atoms with Gasteiger partial charge in [0.15, 0.2) is 0 Å². The van der Waals surface area contributed by atoms with Gasteiger partial charge in [0.2, 0.25) is 0 Å². The third-order valence-corrected chi connectivity index (χ3v) is 6.24. The summed E-state index contributed by atoms with van der Waals surface area (Å²) in [5.41, 5.74) is -0.663. The highest BCUT2D eigenvalue weighted by molar-refractivity contribution is 5.66. The maximum Gasteiger partial charge on any atom is 0.303 e. The zero-order chi connectivity index (χ0) is 22.7. The Morgan fingerprint density at radius 3 is 1.53 bits per heavy atom. The van der Waals surface area contributed by atoms with E-state index in [0.717, 1.165) is 19.4 Å². The average molecular weight is 429 g/mol. The van der Waals surface area contributed by atoms with Gasteiger partial charge in [0.05, 0.1) is 27.1 Å². The predicted octanol–water partition coefficient (Wildman–Crippen LogP) is 6.94. The summed E-state index contributed by atoms with van der Waals surface area (Å²) >= 11 is 0. The molecule has 180 valence electrons. The SMILES string of the molecule is CCCCCCCCCCCCCCCCCC(C)(O)C[N+](C)(C)CCCC(=O)O. The molecule has 0 aromatic carbocycles. The highest BCUT2D eigenvalue weighted by Crippen LogP contribution is 2.20. The van der Waals surface area contributed by atoms with Crippen LogP contribution in [0.2, 0.25) is 0 Å². The average Bonchev–Trinajstić information content (AvgIpc) is 2.63. The topological polar surface area (TPSA) is 57.5 Å². The molecule has 4 nitrogen and oxygen atoms in total. The molecule has 0 heterocycles. The summed E-state index contributed by atoms with van der Waals surface area (Å²) in [4.78, 5) is 10.7. The van der Waals surface area contributed by atoms with Crippen molar-refractivity contribution in [3.63, 3.8) is 0 Å². The molecule has 0 amide bonds. The Hall–Kier alpha value is -0.610. The summed E-state index contributed by atoms with van der Waals surface area (Å²) in [6.07, 6.45) is 22.1. The first kappa shape index (κ1) is 29.4. The zero-order valence-electron chi connectivity index (χ0n) is 20.9. The van der Waals surface area contributed by atoms with Crippen LogP contribution in [0.25, 0.3) is 0 Å². The first-order valence-electron chi connectivity index (χ1n) is 12.9. The van der Waals surface area contributed by atoms with Crippen molar-refractivity contribution in [3.05, 3.63) is 0 Å². The number of rotatable bonds is 22. The summed E-state index contributed by atoms with van der Waals surface area (Å²) in [7, 11) is 4.17. The van der Waals surface area contributed by atoms with Crippen LogP contribution in [0.15, 0.2) is 0 Å². The van der Waals surface area contributed by atoms with Crippen molar-refractivity contribution in [1.82, 2.24) is 0 Å². The van der Waals surface area contributed by atoms with Gasteiger partial charge in [0.1, 0.15) is 12.1 Å². The van der Waals surface area contributed by atoms with Gasteiger partial charge in [0, 0.05) is 6.42 Å². The third kappa shape index (κ3) is 20.7. The fourth-order valence-electron chi connectivity index (χ4n) is 4.62. The normalized spacial score (nSPS) is 14.0. The number of hydrogen-bond donors (Lipinski definition) is 2. The summed E-state index contributed by atoms with van der Waals surface area (Å²) in [5.74, 6) is -0.737. The Kier molecular flexibility index (Phi) is 17.6. The fraction of sp³-hybridized carbons (Fsp3) is 0.962. The van der Waals surface area contributed by atoms with Gasteiger partial charge >= 0.3 is 5.97 Å². The van der Waals surface area contributed by atoms with E-state index in [1.54, 1.807) is 0 Å². The van der Waals surface area contributed by atoms with Gasteiger partial charge in [0.25, 0.3) is 0 Å². The maximum absolute atomic E-state index is 10.7. The van der Waals surface area contributed by atoms with E-state index in [2.05, 4.69) is 21.0 Å². The summed E-state index contributed by atoms with van der Waals surface area (Å²) in [6, 6.07) is 0. The van der Waals surface area contributed by atoms with Crippen molar-refractivity contribution < 1.29 is 19.5 Å². The first-order valence-corrected chi connectivity index (χ1v) is 12.9. The third-order valence-electron chi connectivity index (χ3n) is 6.24. The first-order chi connectivity index (χ1) is 14.2. The Morgan fingerprint density at radius 2 is 1.13 bits per heavy atom. The molecular weight excluding hydrogens is 374 g/mol. The van der Waals surface area contributed by atoms with Gasteiger partial charge in [-0.05, 0) is 13.3 Å². The number of hydrogen-bond acceptors (Lipinski definition) is 2. The molecule has 1 atom stereocenters. The van der Waals surface area contributed by atoms with Crippen molar-refractivity contribution in [2.24, 2.45) is 0 Å². The van der Waals surface area contributed by atoms with Crippen molar-refractivity contribution in [2.75, 3.05) is 27.2 Å². The van der Waals surface area contributed by atoms with E-state index in [1.807, 2.05) is 6.92 Å². The van der Waals surface area contributed by atoms with Gasteiger partial charge < -0.3 is 14.7 Å². The highest BCUT2D eigenvalue weighted by atomic mass is 16.4. The van der Waals surface area contributed by atoms with Crippen LogP contribution < -0.4 is 0 Å². The van der Waals surface area contributed by atoms with E-state index < -0.39 is 11.6 Å². The Labute approximate surface area is 188 Å². The molecule has 2 N–H and O–H groups in total. The molecule has 1 unspecified atom stereocenters. The van der Waals surface area contributed by atoms with Crippen LogP contribution in [-0.4, -0.2) is 53.5 Å². The quantitative estimate of drug-likeness (QED) is 0.145. The van der Waals surface area contributed by atoms with Crippen LogP contribution >= 0.6 is 0 Å². The number of carboxylic acids is 1. The molecule has 0 saturated carbocycles. The van der Waals surface area contributed by atoms with Gasteiger partial charge in [-0.2, -0.15) is 0 Å². The van der Waals surface area contributed by atoms with Gasteiger partial charge in [-0.15, -0.1) is 0 Å². The largest absolute Gasteiger partial charge is 0.481 e. The monoisotopic (exact) mass is 428 g/mol. The molecule has 0 aliphatic rings. The minimum absolute atomic E-state index is 0.211. The minimum Gasteiger partial charge on any atom is -0.481 e. The number of aliphatic carboxylic acids is 1.